The van der Waals surface area contributed by atoms with Crippen LogP contribution in [-0.4, -0.2) is 11.0 Å². The highest BCUT2D eigenvalue weighted by molar-refractivity contribution is 5.91. The van der Waals surface area contributed by atoms with Crippen LogP contribution in [0.15, 0.2) is 36.4 Å². The van der Waals surface area contributed by atoms with Crippen LogP contribution < -0.4 is 5.73 Å². The summed E-state index contributed by atoms with van der Waals surface area (Å²) in [5.41, 5.74) is 5.97. The zero-order valence-corrected chi connectivity index (χ0v) is 7.16. The number of para-hydroxylation sites is 1. The highest BCUT2D eigenvalue weighted by atomic mass is 16.3. The summed E-state index contributed by atoms with van der Waals surface area (Å²) < 4.78 is 0. The maximum absolute atomic E-state index is 10.7. The zero-order chi connectivity index (χ0) is 9.84. The van der Waals surface area contributed by atoms with Crippen molar-refractivity contribution in [2.24, 2.45) is 5.73 Å². The van der Waals surface area contributed by atoms with Gasteiger partial charge >= 0.3 is 0 Å². The summed E-state index contributed by atoms with van der Waals surface area (Å²) in [6.45, 7) is 3.50. The van der Waals surface area contributed by atoms with Gasteiger partial charge in [0.1, 0.15) is 5.75 Å². The first kappa shape index (κ1) is 9.32. The van der Waals surface area contributed by atoms with E-state index in [1.165, 1.54) is 0 Å². The molecule has 1 amide bonds. The summed E-state index contributed by atoms with van der Waals surface area (Å²) in [6, 6.07) is 6.78. The summed E-state index contributed by atoms with van der Waals surface area (Å²) >= 11 is 0. The molecule has 0 heterocycles. The van der Waals surface area contributed by atoms with Gasteiger partial charge in [0.25, 0.3) is 0 Å². The van der Waals surface area contributed by atoms with Crippen LogP contribution in [0.25, 0.3) is 0 Å². The van der Waals surface area contributed by atoms with Gasteiger partial charge in [-0.3, -0.25) is 4.79 Å². The van der Waals surface area contributed by atoms with Crippen LogP contribution in [0.2, 0.25) is 0 Å². The number of phenols is 1. The number of hydrogen-bond donors (Lipinski definition) is 2. The van der Waals surface area contributed by atoms with Gasteiger partial charge in [0.05, 0.1) is 0 Å². The number of nitrogens with two attached hydrogens (primary N) is 1. The van der Waals surface area contributed by atoms with E-state index in [4.69, 9.17) is 5.73 Å². The average Bonchev–Trinajstić information content (AvgIpc) is 2.08. The zero-order valence-electron chi connectivity index (χ0n) is 7.16. The Kier molecular flexibility index (Phi) is 2.69. The molecule has 68 valence electrons. The quantitative estimate of drug-likeness (QED) is 0.676. The Morgan fingerprint density at radius 2 is 2.08 bits per heavy atom. The number of amides is 1. The lowest BCUT2D eigenvalue weighted by Gasteiger charge is -2.03. The van der Waals surface area contributed by atoms with E-state index in [0.717, 1.165) is 0 Å². The minimum Gasteiger partial charge on any atom is -0.508 e. The second kappa shape index (κ2) is 3.76. The fourth-order valence-corrected chi connectivity index (χ4v) is 0.977. The molecule has 0 saturated heterocycles. The summed E-state index contributed by atoms with van der Waals surface area (Å²) in [7, 11) is 0. The second-order valence-corrected chi connectivity index (χ2v) is 2.77. The van der Waals surface area contributed by atoms with E-state index >= 15 is 0 Å². The molecule has 0 atom stereocenters. The van der Waals surface area contributed by atoms with Gasteiger partial charge in [0, 0.05) is 12.0 Å². The highest BCUT2D eigenvalue weighted by Crippen LogP contribution is 2.18. The average molecular weight is 177 g/mol. The molecule has 3 heteroatoms. The maximum atomic E-state index is 10.7. The topological polar surface area (TPSA) is 63.3 Å². The lowest BCUT2D eigenvalue weighted by molar-refractivity contribution is -0.114. The lowest BCUT2D eigenvalue weighted by atomic mass is 10.1. The number of carbonyl (C=O) groups is 1. The van der Waals surface area contributed by atoms with Crippen molar-refractivity contribution in [1.29, 1.82) is 0 Å². The van der Waals surface area contributed by atoms with Gasteiger partial charge in [-0.25, -0.2) is 0 Å². The van der Waals surface area contributed by atoms with Crippen LogP contribution in [0.3, 0.4) is 0 Å². The molecular formula is C10H11NO2. The van der Waals surface area contributed by atoms with Crippen molar-refractivity contribution < 1.29 is 9.90 Å². The fourth-order valence-electron chi connectivity index (χ4n) is 0.977. The van der Waals surface area contributed by atoms with Crippen molar-refractivity contribution in [1.82, 2.24) is 0 Å². The number of primary amides is 1. The molecule has 13 heavy (non-hydrogen) atoms. The van der Waals surface area contributed by atoms with Crippen molar-refractivity contribution in [2.45, 2.75) is 6.42 Å². The molecule has 0 aliphatic heterocycles. The van der Waals surface area contributed by atoms with Gasteiger partial charge in [-0.05, 0) is 11.6 Å². The number of aromatic hydroxyl groups is 1. The molecule has 3 N–H and O–H groups in total. The van der Waals surface area contributed by atoms with Crippen molar-refractivity contribution >= 4 is 5.91 Å². The van der Waals surface area contributed by atoms with E-state index in [1.54, 1.807) is 24.3 Å². The SMILES string of the molecule is C=C(Cc1ccccc1O)C(N)=O. The Balaban J connectivity index is 2.81. The summed E-state index contributed by atoms with van der Waals surface area (Å²) in [5, 5.41) is 9.35. The Labute approximate surface area is 76.5 Å². The first-order valence-corrected chi connectivity index (χ1v) is 3.85. The number of carbonyl (C=O) groups excluding carboxylic acids is 1. The largest absolute Gasteiger partial charge is 0.508 e. The smallest absolute Gasteiger partial charge is 0.244 e. The number of phenolic OH excluding ortho intramolecular Hbond substituents is 1. The van der Waals surface area contributed by atoms with E-state index in [0.29, 0.717) is 17.6 Å². The minimum atomic E-state index is -0.539. The first-order chi connectivity index (χ1) is 6.11. The van der Waals surface area contributed by atoms with Crippen LogP contribution in [0, 0.1) is 0 Å². The monoisotopic (exact) mass is 177 g/mol. The molecule has 0 fully saturated rings. The Hall–Kier alpha value is -1.77. The number of benzene rings is 1. The predicted molar refractivity (Wildman–Crippen MR) is 50.1 cm³/mol. The molecule has 0 aliphatic carbocycles. The van der Waals surface area contributed by atoms with Gasteiger partial charge in [0.15, 0.2) is 0 Å². The number of hydrogen-bond acceptors (Lipinski definition) is 2. The lowest BCUT2D eigenvalue weighted by Crippen LogP contribution is -2.14. The van der Waals surface area contributed by atoms with Crippen molar-refractivity contribution in [3.05, 3.63) is 42.0 Å². The van der Waals surface area contributed by atoms with E-state index in [-0.39, 0.29) is 5.75 Å². The Morgan fingerprint density at radius 3 is 2.62 bits per heavy atom. The normalized spacial score (nSPS) is 9.54. The van der Waals surface area contributed by atoms with E-state index in [2.05, 4.69) is 6.58 Å². The predicted octanol–water partition coefficient (Wildman–Crippen LogP) is 0.976. The third-order valence-electron chi connectivity index (χ3n) is 1.74. The molecule has 3 nitrogen and oxygen atoms in total. The van der Waals surface area contributed by atoms with Crippen LogP contribution in [-0.2, 0) is 11.2 Å². The van der Waals surface area contributed by atoms with E-state index in [9.17, 15) is 9.90 Å². The standard InChI is InChI=1S/C10H11NO2/c1-7(10(11)13)6-8-4-2-3-5-9(8)12/h2-5,12H,1,6H2,(H2,11,13). The number of rotatable bonds is 3. The molecule has 1 aromatic carbocycles. The molecular weight excluding hydrogens is 166 g/mol. The molecule has 0 spiro atoms. The molecule has 0 bridgehead atoms. The van der Waals surface area contributed by atoms with Crippen molar-refractivity contribution in [3.8, 4) is 5.75 Å². The van der Waals surface area contributed by atoms with Gasteiger partial charge in [0.2, 0.25) is 5.91 Å². The van der Waals surface area contributed by atoms with E-state index in [1.807, 2.05) is 0 Å². The van der Waals surface area contributed by atoms with Crippen molar-refractivity contribution in [3.63, 3.8) is 0 Å². The summed E-state index contributed by atoms with van der Waals surface area (Å²) in [5.74, 6) is -0.381. The maximum Gasteiger partial charge on any atom is 0.244 e. The van der Waals surface area contributed by atoms with Gasteiger partial charge in [-0.2, -0.15) is 0 Å². The Bertz CT molecular complexity index is 345. The van der Waals surface area contributed by atoms with Crippen LogP contribution in [0.5, 0.6) is 5.75 Å². The Morgan fingerprint density at radius 1 is 1.46 bits per heavy atom. The molecule has 1 rings (SSSR count). The minimum absolute atomic E-state index is 0.157. The van der Waals surface area contributed by atoms with Gasteiger partial charge in [-0.1, -0.05) is 24.8 Å². The second-order valence-electron chi connectivity index (χ2n) is 2.77. The third-order valence-corrected chi connectivity index (χ3v) is 1.74. The molecule has 0 aliphatic rings. The summed E-state index contributed by atoms with van der Waals surface area (Å²) in [4.78, 5) is 10.7. The summed E-state index contributed by atoms with van der Waals surface area (Å²) in [6.07, 6.45) is 0.294. The van der Waals surface area contributed by atoms with Crippen LogP contribution in [0.4, 0.5) is 0 Å². The highest BCUT2D eigenvalue weighted by Gasteiger charge is 2.05. The first-order valence-electron chi connectivity index (χ1n) is 3.85. The van der Waals surface area contributed by atoms with Gasteiger partial charge in [-0.15, -0.1) is 0 Å². The van der Waals surface area contributed by atoms with Crippen molar-refractivity contribution in [2.75, 3.05) is 0 Å². The molecule has 0 unspecified atom stereocenters. The third kappa shape index (κ3) is 2.33. The van der Waals surface area contributed by atoms with Gasteiger partial charge < -0.3 is 10.8 Å². The van der Waals surface area contributed by atoms with Crippen LogP contribution in [0.1, 0.15) is 5.56 Å². The molecule has 1 aromatic rings. The molecule has 0 saturated carbocycles. The van der Waals surface area contributed by atoms with E-state index < -0.39 is 5.91 Å². The molecule has 0 aromatic heterocycles. The fraction of sp³-hybridized carbons (Fsp3) is 0.100. The molecule has 0 radical (unpaired) electrons. The van der Waals surface area contributed by atoms with Crippen LogP contribution >= 0.6 is 0 Å².